The first-order chi connectivity index (χ1) is 43.1. The van der Waals surface area contributed by atoms with E-state index in [2.05, 4.69) is 55.4 Å². The number of rotatable bonds is 27. The molecule has 11 rings (SSSR count). The van der Waals surface area contributed by atoms with Crippen LogP contribution >= 0.6 is 11.3 Å². The number of nitrogens with zero attached hydrogens (tertiary/aromatic N) is 5. The van der Waals surface area contributed by atoms with E-state index in [1.54, 1.807) is 62.6 Å². The number of ether oxygens (including phenoxy) is 2. The fourth-order valence-corrected chi connectivity index (χ4v) is 15.4. The van der Waals surface area contributed by atoms with Crippen LogP contribution in [0.1, 0.15) is 130 Å². The van der Waals surface area contributed by atoms with Crippen LogP contribution in [0.15, 0.2) is 109 Å². The van der Waals surface area contributed by atoms with E-state index in [0.29, 0.717) is 106 Å². The summed E-state index contributed by atoms with van der Waals surface area (Å²) in [4.78, 5) is 118. The normalized spacial score (nSPS) is 21.2. The lowest BCUT2D eigenvalue weighted by atomic mass is 9.39. The molecule has 4 heterocycles. The van der Waals surface area contributed by atoms with Crippen LogP contribution in [-0.4, -0.2) is 135 Å². The molecular formula is C67H75N11O11S. The lowest BCUT2D eigenvalue weighted by molar-refractivity contribution is -0.243. The zero-order chi connectivity index (χ0) is 64.0. The molecule has 7 N–H and O–H groups in total. The number of amides is 7. The summed E-state index contributed by atoms with van der Waals surface area (Å²) in [5.74, 6) is -3.61. The van der Waals surface area contributed by atoms with Crippen molar-refractivity contribution in [2.45, 2.75) is 117 Å². The number of allylic oxidation sites excluding steroid dienone is 2. The van der Waals surface area contributed by atoms with Gasteiger partial charge in [0, 0.05) is 97.3 Å². The minimum Gasteiger partial charge on any atom is -0.476 e. The molecule has 4 bridgehead atoms. The summed E-state index contributed by atoms with van der Waals surface area (Å²) in [6.45, 7) is 9.42. The van der Waals surface area contributed by atoms with Crippen LogP contribution in [0.4, 0.5) is 15.6 Å². The van der Waals surface area contributed by atoms with Crippen molar-refractivity contribution in [3.05, 3.63) is 131 Å². The van der Waals surface area contributed by atoms with Gasteiger partial charge in [0.1, 0.15) is 12.6 Å². The largest absolute Gasteiger partial charge is 0.476 e. The molecule has 5 aliphatic rings. The molecule has 22 nitrogen and oxygen atoms in total. The lowest BCUT2D eigenvalue weighted by Gasteiger charge is -2.69. The van der Waals surface area contributed by atoms with Crippen LogP contribution in [0.5, 0.6) is 0 Å². The second-order valence-electron chi connectivity index (χ2n) is 25.2. The predicted molar refractivity (Wildman–Crippen MR) is 341 cm³/mol. The fourth-order valence-electron chi connectivity index (χ4n) is 14.5. The van der Waals surface area contributed by atoms with E-state index < -0.39 is 35.5 Å². The Labute approximate surface area is 525 Å². The van der Waals surface area contributed by atoms with Gasteiger partial charge in [0.2, 0.25) is 17.7 Å². The van der Waals surface area contributed by atoms with E-state index in [0.717, 1.165) is 53.6 Å². The SMILES string of the molecule is CCC(NC(=O)CCCCCN1C(=O)C=CC1=O)C(=O)NCC(=O)Nc1ccc(COC(=O)N(C)CCOC23CC4(C)CC(C)(CC(CN/C(C)=C(\C=N)c5ccc(-c6ccc7cncc(C(=O)Nc8nc9ccccc9s8)c7c6)nc5C(=O)O)(C4)C2)C3)cc1. The molecule has 6 aromatic rings. The maximum atomic E-state index is 13.7. The van der Waals surface area contributed by atoms with E-state index in [1.165, 1.54) is 40.8 Å². The average Bonchev–Trinajstić information content (AvgIpc) is 0.821. The standard InChI is InChI=1S/C67H75N11O11S/c1-6-50(73-54(79)14-8-7-11-25-78-56(81)23-24-57(78)82)60(84)70-32-55(80)72-45-19-15-42(16-20-45)33-88-63(87)77(5)26-27-89-67-37-64(3)34-65(4,38-67)36-66(35-64,39-67)40-71-41(2)48(29-68)46-21-22-51(74-58(46)61(85)86)43-17-18-44-30-69-31-49(47(44)28-43)59(83)76-62-75-52-12-9-10-13-53(52)90-62/h9-10,12-13,15-24,28-31,50,68,71H,6-8,11,14,25-27,32-40H2,1-5H3,(H,70,84)(H,72,80)(H,73,79)(H,85,86)(H,75,76,83)/b48-41+,68-29?. The van der Waals surface area contributed by atoms with Gasteiger partial charge >= 0.3 is 12.1 Å². The third-order valence-corrected chi connectivity index (χ3v) is 18.5. The number of aromatic nitrogens is 3. The van der Waals surface area contributed by atoms with Gasteiger partial charge in [-0.05, 0) is 134 Å². The lowest BCUT2D eigenvalue weighted by Crippen LogP contribution is -2.65. The van der Waals surface area contributed by atoms with E-state index in [1.807, 2.05) is 43.3 Å². The Balaban J connectivity index is 0.690. The summed E-state index contributed by atoms with van der Waals surface area (Å²) in [5.41, 5.74) is 3.78. The van der Waals surface area contributed by atoms with Gasteiger partial charge in [0.25, 0.3) is 17.7 Å². The number of unbranched alkanes of at least 4 members (excludes halogenated alkanes) is 2. The Kier molecular flexibility index (Phi) is 19.0. The summed E-state index contributed by atoms with van der Waals surface area (Å²) < 4.78 is 13.5. The van der Waals surface area contributed by atoms with Crippen LogP contribution in [0.3, 0.4) is 0 Å². The highest BCUT2D eigenvalue weighted by Gasteiger charge is 2.66. The maximum Gasteiger partial charge on any atom is 0.409 e. The molecular weight excluding hydrogens is 1170 g/mol. The number of nitrogens with one attached hydrogen (secondary N) is 6. The third kappa shape index (κ3) is 14.7. The van der Waals surface area contributed by atoms with E-state index in [4.69, 9.17) is 14.9 Å². The van der Waals surface area contributed by atoms with Crippen molar-refractivity contribution in [2.75, 3.05) is 50.5 Å². The second-order valence-corrected chi connectivity index (χ2v) is 26.2. The predicted octanol–water partition coefficient (Wildman–Crippen LogP) is 9.67. The average molecular weight is 1240 g/mol. The summed E-state index contributed by atoms with van der Waals surface area (Å²) in [5, 5.41) is 35.5. The molecule has 0 spiro atoms. The first-order valence-corrected chi connectivity index (χ1v) is 31.1. The maximum absolute atomic E-state index is 13.7. The Morgan fingerprint density at radius 2 is 1.58 bits per heavy atom. The zero-order valence-electron chi connectivity index (χ0n) is 51.2. The van der Waals surface area contributed by atoms with Crippen molar-refractivity contribution in [3.8, 4) is 11.3 Å². The van der Waals surface area contributed by atoms with Crippen molar-refractivity contribution in [3.63, 3.8) is 0 Å². The summed E-state index contributed by atoms with van der Waals surface area (Å²) in [6, 6.07) is 22.4. The van der Waals surface area contributed by atoms with Gasteiger partial charge in [0.05, 0.1) is 40.2 Å². The van der Waals surface area contributed by atoms with E-state index >= 15 is 0 Å². The molecule has 7 amide bonds. The van der Waals surface area contributed by atoms with Gasteiger partial charge in [-0.1, -0.05) is 74.9 Å². The Hall–Kier alpha value is -9.22. The fraction of sp³-hybridized carbons (Fsp3) is 0.403. The number of carboxylic acid groups (broad SMARTS) is 1. The number of pyridine rings is 2. The molecule has 470 valence electrons. The Morgan fingerprint density at radius 3 is 2.29 bits per heavy atom. The van der Waals surface area contributed by atoms with Crippen LogP contribution in [0, 0.1) is 21.7 Å². The minimum atomic E-state index is -1.25. The number of para-hydroxylation sites is 1. The van der Waals surface area contributed by atoms with Gasteiger partial charge in [-0.2, -0.15) is 0 Å². The number of hydrogen-bond donors (Lipinski definition) is 7. The highest BCUT2D eigenvalue weighted by molar-refractivity contribution is 7.22. The van der Waals surface area contributed by atoms with E-state index in [-0.39, 0.29) is 71.7 Å². The van der Waals surface area contributed by atoms with Gasteiger partial charge in [-0.3, -0.25) is 44.0 Å². The van der Waals surface area contributed by atoms with Crippen molar-refractivity contribution in [1.29, 1.82) is 5.41 Å². The summed E-state index contributed by atoms with van der Waals surface area (Å²) >= 11 is 1.37. The van der Waals surface area contributed by atoms with Crippen LogP contribution in [0.25, 0.3) is 37.8 Å². The Morgan fingerprint density at radius 1 is 0.833 bits per heavy atom. The number of likely N-dealkylation sites (N-methyl/N-ethyl adjacent to an activating group) is 1. The molecule has 23 heteroatoms. The second kappa shape index (κ2) is 26.9. The van der Waals surface area contributed by atoms with E-state index in [9.17, 15) is 43.5 Å². The van der Waals surface area contributed by atoms with Crippen LogP contribution in [0.2, 0.25) is 0 Å². The van der Waals surface area contributed by atoms with Gasteiger partial charge in [-0.15, -0.1) is 0 Å². The molecule has 3 aromatic carbocycles. The number of benzene rings is 3. The van der Waals surface area contributed by atoms with Crippen LogP contribution < -0.4 is 26.6 Å². The number of carbonyl (C=O) groups excluding carboxylic acids is 7. The van der Waals surface area contributed by atoms with Crippen LogP contribution in [-0.2, 0) is 40.1 Å². The minimum absolute atomic E-state index is 0.00654. The summed E-state index contributed by atoms with van der Waals surface area (Å²) in [7, 11) is 1.67. The molecule has 90 heavy (non-hydrogen) atoms. The molecule has 3 unspecified atom stereocenters. The first-order valence-electron chi connectivity index (χ1n) is 30.3. The number of aromatic carboxylic acids is 1. The molecule has 4 saturated carbocycles. The van der Waals surface area contributed by atoms with Crippen molar-refractivity contribution >= 4 is 102 Å². The zero-order valence-corrected chi connectivity index (χ0v) is 52.0. The van der Waals surface area contributed by atoms with Gasteiger partial charge in [0.15, 0.2) is 10.8 Å². The molecule has 3 aromatic heterocycles. The number of carboxylic acids is 1. The van der Waals surface area contributed by atoms with Crippen molar-refractivity contribution < 1.29 is 52.9 Å². The van der Waals surface area contributed by atoms with Gasteiger partial charge < -0.3 is 46.2 Å². The number of imide groups is 1. The van der Waals surface area contributed by atoms with Crippen molar-refractivity contribution in [1.82, 2.24) is 40.7 Å². The summed E-state index contributed by atoms with van der Waals surface area (Å²) in [6.07, 6.45) is 14.0. The molecule has 0 saturated heterocycles. The number of anilines is 2. The number of carbonyl (C=O) groups is 8. The highest BCUT2D eigenvalue weighted by Crippen LogP contribution is 2.71. The molecule has 1 aliphatic heterocycles. The van der Waals surface area contributed by atoms with Gasteiger partial charge in [-0.25, -0.2) is 19.6 Å². The molecule has 4 fully saturated rings. The topological polar surface area (TPSA) is 304 Å². The Bertz CT molecular complexity index is 3810. The highest BCUT2D eigenvalue weighted by atomic mass is 32.1. The first kappa shape index (κ1) is 63.8. The number of thiazole rings is 1. The number of hydrogen-bond acceptors (Lipinski definition) is 16. The molecule has 0 radical (unpaired) electrons. The number of fused-ring (bicyclic) bond motifs is 2. The smallest absolute Gasteiger partial charge is 0.409 e. The third-order valence-electron chi connectivity index (χ3n) is 17.5. The molecule has 3 atom stereocenters. The van der Waals surface area contributed by atoms with Crippen molar-refractivity contribution in [2.24, 2.45) is 16.2 Å². The quantitative estimate of drug-likeness (QED) is 0.0143. The molecule has 4 aliphatic carbocycles. The monoisotopic (exact) mass is 1240 g/mol.